The standard InChI is InChI=1S/C18H15ClN6/c1-11-4-6-15(10-22-11)25-13(3)16(24-17(25)12(2)20)7-5-14-8-9-21-18(19)23-14/h4,6,8-10H,2,20H2,1,3H3. The van der Waals surface area contributed by atoms with Gasteiger partial charge in [-0.05, 0) is 55.5 Å². The maximum Gasteiger partial charge on any atom is 0.223 e. The lowest BCUT2D eigenvalue weighted by molar-refractivity contribution is 0.959. The van der Waals surface area contributed by atoms with Gasteiger partial charge in [0.25, 0.3) is 0 Å². The molecule has 3 heterocycles. The molecule has 0 atom stereocenters. The molecule has 0 spiro atoms. The molecule has 0 saturated heterocycles. The maximum absolute atomic E-state index is 5.91. The third kappa shape index (κ3) is 3.52. The average molecular weight is 351 g/mol. The minimum atomic E-state index is 0.149. The number of aromatic nitrogens is 5. The number of nitrogens with two attached hydrogens (primary N) is 1. The quantitative estimate of drug-likeness (QED) is 0.567. The highest BCUT2D eigenvalue weighted by Gasteiger charge is 2.15. The largest absolute Gasteiger partial charge is 0.396 e. The number of hydrogen-bond acceptors (Lipinski definition) is 5. The lowest BCUT2D eigenvalue weighted by atomic mass is 10.3. The Morgan fingerprint density at radius 1 is 1.16 bits per heavy atom. The van der Waals surface area contributed by atoms with Crippen molar-refractivity contribution in [2.24, 2.45) is 5.73 Å². The first-order valence-electron chi connectivity index (χ1n) is 7.43. The molecule has 0 bridgehead atoms. The first kappa shape index (κ1) is 16.7. The van der Waals surface area contributed by atoms with Crippen molar-refractivity contribution < 1.29 is 0 Å². The highest BCUT2D eigenvalue weighted by atomic mass is 35.5. The van der Waals surface area contributed by atoms with Crippen LogP contribution in [0, 0.1) is 25.7 Å². The molecule has 0 fully saturated rings. The molecule has 25 heavy (non-hydrogen) atoms. The van der Waals surface area contributed by atoms with E-state index in [2.05, 4.69) is 38.4 Å². The van der Waals surface area contributed by atoms with Gasteiger partial charge in [0.05, 0.1) is 23.3 Å². The van der Waals surface area contributed by atoms with Crippen molar-refractivity contribution in [3.05, 3.63) is 71.1 Å². The second-order valence-corrected chi connectivity index (χ2v) is 5.69. The normalized spacial score (nSPS) is 10.2. The molecule has 0 radical (unpaired) electrons. The fourth-order valence-corrected chi connectivity index (χ4v) is 2.42. The van der Waals surface area contributed by atoms with Crippen LogP contribution in [0.4, 0.5) is 0 Å². The molecule has 124 valence electrons. The van der Waals surface area contributed by atoms with Gasteiger partial charge in [-0.2, -0.15) is 0 Å². The molecule has 0 aromatic carbocycles. The minimum Gasteiger partial charge on any atom is -0.396 e. The number of pyridine rings is 1. The Kier molecular flexibility index (Phi) is 4.50. The number of hydrogen-bond donors (Lipinski definition) is 1. The van der Waals surface area contributed by atoms with Crippen LogP contribution in [-0.2, 0) is 0 Å². The van der Waals surface area contributed by atoms with Gasteiger partial charge in [0.2, 0.25) is 5.28 Å². The van der Waals surface area contributed by atoms with E-state index in [0.717, 1.165) is 17.1 Å². The van der Waals surface area contributed by atoms with Crippen LogP contribution in [0.15, 0.2) is 37.2 Å². The summed E-state index contributed by atoms with van der Waals surface area (Å²) in [5, 5.41) is 0.149. The Hall–Kier alpha value is -3.17. The Labute approximate surface area is 150 Å². The number of imidazole rings is 1. The summed E-state index contributed by atoms with van der Waals surface area (Å²) in [7, 11) is 0. The van der Waals surface area contributed by atoms with Gasteiger partial charge in [0.15, 0.2) is 5.82 Å². The SMILES string of the molecule is C=C(N)c1nc(C#Cc2ccnc(Cl)n2)c(C)n1-c1ccc(C)nc1. The van der Waals surface area contributed by atoms with Crippen LogP contribution in [0.5, 0.6) is 0 Å². The summed E-state index contributed by atoms with van der Waals surface area (Å²) < 4.78 is 1.88. The van der Waals surface area contributed by atoms with Crippen LogP contribution in [0.2, 0.25) is 5.28 Å². The number of rotatable bonds is 2. The molecule has 7 heteroatoms. The zero-order valence-electron chi connectivity index (χ0n) is 13.8. The predicted molar refractivity (Wildman–Crippen MR) is 97.1 cm³/mol. The van der Waals surface area contributed by atoms with Gasteiger partial charge in [-0.1, -0.05) is 6.58 Å². The smallest absolute Gasteiger partial charge is 0.223 e. The Bertz CT molecular complexity index is 1010. The van der Waals surface area contributed by atoms with Crippen molar-refractivity contribution >= 4 is 17.3 Å². The van der Waals surface area contributed by atoms with Crippen LogP contribution in [0.3, 0.4) is 0 Å². The maximum atomic E-state index is 5.91. The highest BCUT2D eigenvalue weighted by molar-refractivity contribution is 6.28. The van der Waals surface area contributed by atoms with E-state index in [-0.39, 0.29) is 5.28 Å². The van der Waals surface area contributed by atoms with E-state index in [4.69, 9.17) is 17.3 Å². The summed E-state index contributed by atoms with van der Waals surface area (Å²) in [6, 6.07) is 5.55. The highest BCUT2D eigenvalue weighted by Crippen LogP contribution is 2.20. The molecule has 6 nitrogen and oxygen atoms in total. The van der Waals surface area contributed by atoms with Gasteiger partial charge in [-0.15, -0.1) is 0 Å². The summed E-state index contributed by atoms with van der Waals surface area (Å²) in [4.78, 5) is 16.7. The minimum absolute atomic E-state index is 0.149. The lowest BCUT2D eigenvalue weighted by Gasteiger charge is -2.09. The molecule has 0 aliphatic rings. The molecule has 3 aromatic rings. The molecular weight excluding hydrogens is 336 g/mol. The van der Waals surface area contributed by atoms with Crippen molar-refractivity contribution in [1.29, 1.82) is 0 Å². The zero-order chi connectivity index (χ0) is 18.0. The summed E-state index contributed by atoms with van der Waals surface area (Å²) in [6.45, 7) is 7.64. The summed E-state index contributed by atoms with van der Waals surface area (Å²) in [5.41, 5.74) is 9.95. The van der Waals surface area contributed by atoms with Crippen LogP contribution in [0.25, 0.3) is 11.4 Å². The van der Waals surface area contributed by atoms with Crippen LogP contribution in [-0.4, -0.2) is 24.5 Å². The first-order chi connectivity index (χ1) is 12.0. The van der Waals surface area contributed by atoms with Crippen LogP contribution < -0.4 is 5.73 Å². The van der Waals surface area contributed by atoms with Crippen molar-refractivity contribution in [1.82, 2.24) is 24.5 Å². The monoisotopic (exact) mass is 350 g/mol. The molecule has 0 saturated carbocycles. The van der Waals surface area contributed by atoms with E-state index >= 15 is 0 Å². The third-order valence-electron chi connectivity index (χ3n) is 3.48. The number of aryl methyl sites for hydroxylation is 1. The van der Waals surface area contributed by atoms with E-state index in [1.807, 2.05) is 30.5 Å². The fourth-order valence-electron chi connectivity index (χ4n) is 2.27. The lowest BCUT2D eigenvalue weighted by Crippen LogP contribution is -2.06. The number of nitrogens with zero attached hydrogens (tertiary/aromatic N) is 5. The first-order valence-corrected chi connectivity index (χ1v) is 7.81. The Morgan fingerprint density at radius 3 is 2.60 bits per heavy atom. The zero-order valence-corrected chi connectivity index (χ0v) is 14.5. The molecule has 2 N–H and O–H groups in total. The summed E-state index contributed by atoms with van der Waals surface area (Å²) >= 11 is 5.78. The third-order valence-corrected chi connectivity index (χ3v) is 3.67. The summed E-state index contributed by atoms with van der Waals surface area (Å²) in [6.07, 6.45) is 3.31. The second kappa shape index (κ2) is 6.75. The van der Waals surface area contributed by atoms with Gasteiger partial charge in [0.1, 0.15) is 11.4 Å². The molecule has 0 aliphatic carbocycles. The van der Waals surface area contributed by atoms with Crippen LogP contribution >= 0.6 is 11.6 Å². The van der Waals surface area contributed by atoms with E-state index in [1.165, 1.54) is 0 Å². The molecule has 0 aliphatic heterocycles. The Morgan fingerprint density at radius 2 is 1.96 bits per heavy atom. The van der Waals surface area contributed by atoms with Crippen molar-refractivity contribution in [3.8, 4) is 17.5 Å². The fraction of sp³-hybridized carbons (Fsp3) is 0.111. The van der Waals surface area contributed by atoms with Crippen molar-refractivity contribution in [2.75, 3.05) is 0 Å². The second-order valence-electron chi connectivity index (χ2n) is 5.35. The van der Waals surface area contributed by atoms with Crippen molar-refractivity contribution in [2.45, 2.75) is 13.8 Å². The topological polar surface area (TPSA) is 82.5 Å². The average Bonchev–Trinajstić information content (AvgIpc) is 2.91. The summed E-state index contributed by atoms with van der Waals surface area (Å²) in [5.74, 6) is 6.48. The molecule has 3 rings (SSSR count). The number of halogens is 1. The molecule has 3 aromatic heterocycles. The van der Waals surface area contributed by atoms with Crippen molar-refractivity contribution in [3.63, 3.8) is 0 Å². The van der Waals surface area contributed by atoms with Gasteiger partial charge in [0, 0.05) is 11.9 Å². The Balaban J connectivity index is 2.10. The van der Waals surface area contributed by atoms with E-state index < -0.39 is 0 Å². The van der Waals surface area contributed by atoms with E-state index in [1.54, 1.807) is 18.5 Å². The molecule has 0 amide bonds. The van der Waals surface area contributed by atoms with Gasteiger partial charge in [-0.3, -0.25) is 9.55 Å². The van der Waals surface area contributed by atoms with Crippen LogP contribution in [0.1, 0.15) is 28.6 Å². The van der Waals surface area contributed by atoms with E-state index in [0.29, 0.717) is 22.9 Å². The van der Waals surface area contributed by atoms with Gasteiger partial charge in [-0.25, -0.2) is 15.0 Å². The van der Waals surface area contributed by atoms with Gasteiger partial charge < -0.3 is 5.73 Å². The van der Waals surface area contributed by atoms with E-state index in [9.17, 15) is 0 Å². The molecular formula is C18H15ClN6. The predicted octanol–water partition coefficient (Wildman–Crippen LogP) is 2.66. The van der Waals surface area contributed by atoms with Gasteiger partial charge >= 0.3 is 0 Å². The molecule has 0 unspecified atom stereocenters.